The minimum atomic E-state index is 0.300. The summed E-state index contributed by atoms with van der Waals surface area (Å²) in [6.07, 6.45) is 8.74. The molecular formula is C18H33IO2. The fourth-order valence-corrected chi connectivity index (χ4v) is 2.20. The fraction of sp³-hybridized carbons (Fsp3) is 0.778. The van der Waals surface area contributed by atoms with Gasteiger partial charge in [-0.05, 0) is 49.0 Å². The summed E-state index contributed by atoms with van der Waals surface area (Å²) >= 11 is 2.29. The van der Waals surface area contributed by atoms with E-state index in [2.05, 4.69) is 36.4 Å². The molecule has 2 nitrogen and oxygen atoms in total. The summed E-state index contributed by atoms with van der Waals surface area (Å²) < 4.78 is 1.22. The van der Waals surface area contributed by atoms with Gasteiger partial charge in [-0.1, -0.05) is 55.9 Å². The molecule has 3 heteroatoms. The summed E-state index contributed by atoms with van der Waals surface area (Å²) in [5, 5.41) is 0. The van der Waals surface area contributed by atoms with Crippen molar-refractivity contribution in [3.63, 3.8) is 0 Å². The Morgan fingerprint density at radius 2 is 1.71 bits per heavy atom. The highest BCUT2D eigenvalue weighted by molar-refractivity contribution is 14.1. The smallest absolute Gasteiger partial charge is 0.155 e. The van der Waals surface area contributed by atoms with Crippen LogP contribution in [0.25, 0.3) is 0 Å². The summed E-state index contributed by atoms with van der Waals surface area (Å²) in [5.41, 5.74) is 1.24. The number of hydrogen-bond acceptors (Lipinski definition) is 2. The maximum Gasteiger partial charge on any atom is 0.155 e. The molecule has 0 N–H and O–H groups in total. The number of carbonyl (C=O) groups is 2. The molecule has 0 amide bonds. The van der Waals surface area contributed by atoms with Gasteiger partial charge < -0.3 is 0 Å². The lowest BCUT2D eigenvalue weighted by Gasteiger charge is -2.14. The van der Waals surface area contributed by atoms with Gasteiger partial charge in [0.2, 0.25) is 0 Å². The SMILES string of the molecule is CC.CC1=CC(=O)CCC1.CC1CCCC(=O)C1.CCI. The normalized spacial score (nSPS) is 20.7. The maximum atomic E-state index is 10.7. The van der Waals surface area contributed by atoms with E-state index in [1.807, 2.05) is 20.8 Å². The molecule has 1 unspecified atom stereocenters. The molecular weight excluding hydrogens is 375 g/mol. The first-order chi connectivity index (χ1) is 9.99. The molecule has 0 heterocycles. The van der Waals surface area contributed by atoms with Gasteiger partial charge in [0.25, 0.3) is 0 Å². The predicted molar refractivity (Wildman–Crippen MR) is 101 cm³/mol. The Morgan fingerprint density at radius 1 is 1.14 bits per heavy atom. The molecule has 0 bridgehead atoms. The van der Waals surface area contributed by atoms with Crippen LogP contribution >= 0.6 is 22.6 Å². The van der Waals surface area contributed by atoms with Gasteiger partial charge in [-0.25, -0.2) is 0 Å². The van der Waals surface area contributed by atoms with Crippen LogP contribution in [-0.4, -0.2) is 16.0 Å². The predicted octanol–water partition coefficient (Wildman–Crippen LogP) is 5.92. The van der Waals surface area contributed by atoms with Crippen molar-refractivity contribution in [2.45, 2.75) is 79.6 Å². The molecule has 2 aliphatic carbocycles. The second kappa shape index (κ2) is 16.2. The van der Waals surface area contributed by atoms with E-state index >= 15 is 0 Å². The molecule has 0 radical (unpaired) electrons. The van der Waals surface area contributed by atoms with Crippen LogP contribution in [0.2, 0.25) is 0 Å². The lowest BCUT2D eigenvalue weighted by molar-refractivity contribution is -0.121. The van der Waals surface area contributed by atoms with Crippen molar-refractivity contribution < 1.29 is 9.59 Å². The quantitative estimate of drug-likeness (QED) is 0.368. The number of carbonyl (C=O) groups excluding carboxylic acids is 2. The molecule has 124 valence electrons. The van der Waals surface area contributed by atoms with Crippen molar-refractivity contribution in [1.82, 2.24) is 0 Å². The van der Waals surface area contributed by atoms with Crippen LogP contribution < -0.4 is 0 Å². The van der Waals surface area contributed by atoms with Crippen LogP contribution in [0.3, 0.4) is 0 Å². The van der Waals surface area contributed by atoms with E-state index in [1.165, 1.54) is 16.4 Å². The number of allylic oxidation sites excluding steroid dienone is 2. The zero-order valence-corrected chi connectivity index (χ0v) is 16.7. The Kier molecular flexibility index (Phi) is 17.8. The summed E-state index contributed by atoms with van der Waals surface area (Å²) in [7, 11) is 0. The minimum Gasteiger partial charge on any atom is -0.300 e. The third-order valence-electron chi connectivity index (χ3n) is 3.13. The molecule has 0 aromatic rings. The largest absolute Gasteiger partial charge is 0.300 e. The number of Topliss-reactive ketones (excluding diaryl/α,β-unsaturated/α-hetero) is 1. The van der Waals surface area contributed by atoms with Crippen molar-refractivity contribution in [1.29, 1.82) is 0 Å². The first-order valence-corrected chi connectivity index (χ1v) is 9.79. The van der Waals surface area contributed by atoms with Crippen molar-refractivity contribution >= 4 is 34.2 Å². The van der Waals surface area contributed by atoms with Gasteiger partial charge in [-0.3, -0.25) is 9.59 Å². The standard InChI is InChI=1S/C7H12O.C7H10O.C2H5I.C2H6/c2*1-6-3-2-4-7(8)5-6;1-2-3;1-2/h6H,2-5H2,1H3;5H,2-4H2,1H3;2H2,1H3;1-2H3. The van der Waals surface area contributed by atoms with Gasteiger partial charge in [0.1, 0.15) is 5.78 Å². The highest BCUT2D eigenvalue weighted by Crippen LogP contribution is 2.19. The van der Waals surface area contributed by atoms with Crippen LogP contribution in [0.4, 0.5) is 0 Å². The van der Waals surface area contributed by atoms with E-state index < -0.39 is 0 Å². The molecule has 1 fully saturated rings. The van der Waals surface area contributed by atoms with E-state index in [9.17, 15) is 9.59 Å². The van der Waals surface area contributed by atoms with E-state index in [-0.39, 0.29) is 0 Å². The van der Waals surface area contributed by atoms with Gasteiger partial charge in [0, 0.05) is 19.3 Å². The van der Waals surface area contributed by atoms with E-state index in [0.717, 1.165) is 38.5 Å². The second-order valence-corrected chi connectivity index (χ2v) is 6.84. The lowest BCUT2D eigenvalue weighted by Crippen LogP contribution is -2.11. The summed E-state index contributed by atoms with van der Waals surface area (Å²) in [4.78, 5) is 21.3. The van der Waals surface area contributed by atoms with E-state index in [1.54, 1.807) is 6.08 Å². The van der Waals surface area contributed by atoms with Crippen LogP contribution in [0.5, 0.6) is 0 Å². The molecule has 0 aliphatic heterocycles. The van der Waals surface area contributed by atoms with Crippen LogP contribution in [0, 0.1) is 5.92 Å². The summed E-state index contributed by atoms with van der Waals surface area (Å²) in [6.45, 7) is 10.3. The van der Waals surface area contributed by atoms with Crippen LogP contribution in [-0.2, 0) is 9.59 Å². The molecule has 1 saturated carbocycles. The second-order valence-electron chi connectivity index (χ2n) is 5.32. The number of alkyl halides is 1. The molecule has 0 aromatic heterocycles. The van der Waals surface area contributed by atoms with Gasteiger partial charge >= 0.3 is 0 Å². The molecule has 0 spiro atoms. The Morgan fingerprint density at radius 3 is 2.00 bits per heavy atom. The third-order valence-corrected chi connectivity index (χ3v) is 3.13. The highest BCUT2D eigenvalue weighted by atomic mass is 127. The van der Waals surface area contributed by atoms with Crippen molar-refractivity contribution in [3.8, 4) is 0 Å². The van der Waals surface area contributed by atoms with E-state index in [4.69, 9.17) is 0 Å². The zero-order chi connectivity index (χ0) is 16.7. The molecule has 1 atom stereocenters. The Bertz CT molecular complexity index is 308. The maximum absolute atomic E-state index is 10.7. The van der Waals surface area contributed by atoms with Gasteiger partial charge in [-0.2, -0.15) is 0 Å². The lowest BCUT2D eigenvalue weighted by atomic mass is 9.90. The number of rotatable bonds is 0. The first-order valence-electron chi connectivity index (χ1n) is 8.27. The van der Waals surface area contributed by atoms with Gasteiger partial charge in [0.05, 0.1) is 0 Å². The van der Waals surface area contributed by atoms with Crippen molar-refractivity contribution in [2.75, 3.05) is 4.43 Å². The Hall–Kier alpha value is -0.190. The molecule has 2 rings (SSSR count). The fourth-order valence-electron chi connectivity index (χ4n) is 2.20. The third kappa shape index (κ3) is 16.0. The monoisotopic (exact) mass is 408 g/mol. The average Bonchev–Trinajstić information content (AvgIpc) is 2.42. The van der Waals surface area contributed by atoms with Gasteiger partial charge in [0.15, 0.2) is 5.78 Å². The molecule has 0 saturated heterocycles. The molecule has 21 heavy (non-hydrogen) atoms. The van der Waals surface area contributed by atoms with E-state index in [0.29, 0.717) is 17.5 Å². The van der Waals surface area contributed by atoms with Crippen molar-refractivity contribution in [2.24, 2.45) is 5.92 Å². The van der Waals surface area contributed by atoms with Crippen LogP contribution in [0.15, 0.2) is 11.6 Å². The Labute approximate surface area is 145 Å². The topological polar surface area (TPSA) is 34.1 Å². The number of halogens is 1. The zero-order valence-electron chi connectivity index (χ0n) is 14.5. The minimum absolute atomic E-state index is 0.300. The Balaban J connectivity index is 0. The molecule has 0 aromatic carbocycles. The first kappa shape index (κ1) is 23.1. The van der Waals surface area contributed by atoms with Crippen LogP contribution in [0.1, 0.15) is 79.6 Å². The summed E-state index contributed by atoms with van der Waals surface area (Å²) in [6, 6.07) is 0. The molecule has 2 aliphatic rings. The average molecular weight is 408 g/mol. The number of ketones is 2. The van der Waals surface area contributed by atoms with Gasteiger partial charge in [-0.15, -0.1) is 0 Å². The summed E-state index contributed by atoms with van der Waals surface area (Å²) in [5.74, 6) is 1.42. The number of hydrogen-bond donors (Lipinski definition) is 0. The highest BCUT2D eigenvalue weighted by Gasteiger charge is 2.14. The van der Waals surface area contributed by atoms with Crippen molar-refractivity contribution in [3.05, 3.63) is 11.6 Å².